The molecular formula is C19H13F2NO2. The fraction of sp³-hybridized carbons (Fsp3) is 0.0526. The van der Waals surface area contributed by atoms with E-state index in [0.29, 0.717) is 11.3 Å². The molecule has 1 heterocycles. The van der Waals surface area contributed by atoms with E-state index in [1.54, 1.807) is 48.5 Å². The summed E-state index contributed by atoms with van der Waals surface area (Å²) in [5.74, 6) is -2.01. The maximum Gasteiger partial charge on any atom is 0.309 e. The van der Waals surface area contributed by atoms with E-state index in [4.69, 9.17) is 5.11 Å². The number of aliphatic carboxylic acids is 1. The van der Waals surface area contributed by atoms with Gasteiger partial charge in [0.15, 0.2) is 0 Å². The standard InChI is InChI=1S/C19H13F2NO2/c20-15-7-3-1-5-12(15)13-9-10-17(22-18(13)11-19(23)24)14-6-2-4-8-16(14)21/h1-10H,11H2,(H,23,24). The molecule has 3 aromatic rings. The molecule has 0 bridgehead atoms. The first kappa shape index (κ1) is 15.8. The van der Waals surface area contributed by atoms with Gasteiger partial charge in [0.25, 0.3) is 0 Å². The molecule has 0 saturated carbocycles. The number of carboxylic acids is 1. The van der Waals surface area contributed by atoms with Crippen molar-refractivity contribution in [1.29, 1.82) is 0 Å². The van der Waals surface area contributed by atoms with E-state index in [9.17, 15) is 13.6 Å². The summed E-state index contributed by atoms with van der Waals surface area (Å²) >= 11 is 0. The maximum absolute atomic E-state index is 14.0. The van der Waals surface area contributed by atoms with Crippen molar-refractivity contribution in [3.8, 4) is 22.4 Å². The van der Waals surface area contributed by atoms with Gasteiger partial charge in [0, 0.05) is 16.7 Å². The number of hydrogen-bond donors (Lipinski definition) is 1. The Labute approximate surface area is 137 Å². The lowest BCUT2D eigenvalue weighted by Crippen LogP contribution is -2.06. The molecular weight excluding hydrogens is 312 g/mol. The molecule has 0 unspecified atom stereocenters. The summed E-state index contributed by atoms with van der Waals surface area (Å²) in [5.41, 5.74) is 1.42. The fourth-order valence-corrected chi connectivity index (χ4v) is 2.52. The average Bonchev–Trinajstić information content (AvgIpc) is 2.55. The Hall–Kier alpha value is -3.08. The molecule has 1 aromatic heterocycles. The number of nitrogens with zero attached hydrogens (tertiary/aromatic N) is 1. The number of halogens is 2. The van der Waals surface area contributed by atoms with Crippen molar-refractivity contribution in [3.05, 3.63) is 78.0 Å². The molecule has 0 aliphatic rings. The minimum atomic E-state index is -1.09. The van der Waals surface area contributed by atoms with E-state index in [2.05, 4.69) is 4.98 Å². The van der Waals surface area contributed by atoms with Gasteiger partial charge in [-0.25, -0.2) is 8.78 Å². The van der Waals surface area contributed by atoms with E-state index in [1.807, 2.05) is 0 Å². The van der Waals surface area contributed by atoms with Crippen LogP contribution in [0.3, 0.4) is 0 Å². The molecule has 2 aromatic carbocycles. The minimum absolute atomic E-state index is 0.188. The van der Waals surface area contributed by atoms with Crippen LogP contribution in [-0.2, 0) is 11.2 Å². The topological polar surface area (TPSA) is 50.2 Å². The number of rotatable bonds is 4. The van der Waals surface area contributed by atoms with Crippen LogP contribution in [0.15, 0.2) is 60.7 Å². The fourth-order valence-electron chi connectivity index (χ4n) is 2.52. The Bertz CT molecular complexity index is 909. The monoisotopic (exact) mass is 325 g/mol. The van der Waals surface area contributed by atoms with Crippen molar-refractivity contribution in [2.45, 2.75) is 6.42 Å². The first-order valence-corrected chi connectivity index (χ1v) is 7.28. The number of benzene rings is 2. The molecule has 0 spiro atoms. The van der Waals surface area contributed by atoms with Gasteiger partial charge in [-0.1, -0.05) is 36.4 Å². The molecule has 0 fully saturated rings. The van der Waals surface area contributed by atoms with Crippen LogP contribution in [0.25, 0.3) is 22.4 Å². The van der Waals surface area contributed by atoms with Crippen LogP contribution in [-0.4, -0.2) is 16.1 Å². The number of carbonyl (C=O) groups is 1. The third kappa shape index (κ3) is 3.15. The van der Waals surface area contributed by atoms with Gasteiger partial charge < -0.3 is 5.11 Å². The smallest absolute Gasteiger partial charge is 0.309 e. The van der Waals surface area contributed by atoms with Crippen LogP contribution < -0.4 is 0 Å². The summed E-state index contributed by atoms with van der Waals surface area (Å²) in [7, 11) is 0. The van der Waals surface area contributed by atoms with Gasteiger partial charge in [0.2, 0.25) is 0 Å². The van der Waals surface area contributed by atoms with Crippen LogP contribution in [0.2, 0.25) is 0 Å². The Morgan fingerprint density at radius 1 is 0.833 bits per heavy atom. The third-order valence-electron chi connectivity index (χ3n) is 3.61. The summed E-state index contributed by atoms with van der Waals surface area (Å²) in [6.45, 7) is 0. The van der Waals surface area contributed by atoms with E-state index >= 15 is 0 Å². The van der Waals surface area contributed by atoms with Gasteiger partial charge in [0.1, 0.15) is 11.6 Å². The number of carboxylic acid groups (broad SMARTS) is 1. The van der Waals surface area contributed by atoms with Crippen LogP contribution >= 0.6 is 0 Å². The first-order valence-electron chi connectivity index (χ1n) is 7.28. The normalized spacial score (nSPS) is 10.6. The average molecular weight is 325 g/mol. The van der Waals surface area contributed by atoms with Crippen molar-refractivity contribution in [2.24, 2.45) is 0 Å². The predicted octanol–water partition coefficient (Wildman–Crippen LogP) is 4.32. The second kappa shape index (κ2) is 6.58. The van der Waals surface area contributed by atoms with Crippen LogP contribution in [0, 0.1) is 11.6 Å². The zero-order valence-electron chi connectivity index (χ0n) is 12.5. The molecule has 0 saturated heterocycles. The van der Waals surface area contributed by atoms with Crippen LogP contribution in [0.4, 0.5) is 8.78 Å². The molecule has 120 valence electrons. The zero-order valence-corrected chi connectivity index (χ0v) is 12.5. The minimum Gasteiger partial charge on any atom is -0.481 e. The lowest BCUT2D eigenvalue weighted by molar-refractivity contribution is -0.136. The first-order chi connectivity index (χ1) is 11.6. The highest BCUT2D eigenvalue weighted by atomic mass is 19.1. The SMILES string of the molecule is O=C(O)Cc1nc(-c2ccccc2F)ccc1-c1ccccc1F. The van der Waals surface area contributed by atoms with Gasteiger partial charge in [-0.15, -0.1) is 0 Å². The molecule has 1 N–H and O–H groups in total. The Morgan fingerprint density at radius 3 is 2.00 bits per heavy atom. The summed E-state index contributed by atoms with van der Waals surface area (Å²) in [5, 5.41) is 9.12. The van der Waals surface area contributed by atoms with Crippen molar-refractivity contribution in [3.63, 3.8) is 0 Å². The predicted molar refractivity (Wildman–Crippen MR) is 86.4 cm³/mol. The Morgan fingerprint density at radius 2 is 1.42 bits per heavy atom. The van der Waals surface area contributed by atoms with Crippen molar-refractivity contribution >= 4 is 5.97 Å². The quantitative estimate of drug-likeness (QED) is 0.777. The number of aromatic nitrogens is 1. The maximum atomic E-state index is 14.0. The molecule has 0 atom stereocenters. The molecule has 3 nitrogen and oxygen atoms in total. The van der Waals surface area contributed by atoms with E-state index in [1.165, 1.54) is 12.1 Å². The van der Waals surface area contributed by atoms with Crippen molar-refractivity contribution < 1.29 is 18.7 Å². The highest BCUT2D eigenvalue weighted by Gasteiger charge is 2.16. The summed E-state index contributed by atoms with van der Waals surface area (Å²) in [6, 6.07) is 15.3. The zero-order chi connectivity index (χ0) is 17.1. The second-order valence-corrected chi connectivity index (χ2v) is 5.22. The van der Waals surface area contributed by atoms with Crippen LogP contribution in [0.5, 0.6) is 0 Å². The highest BCUT2D eigenvalue weighted by Crippen LogP contribution is 2.29. The van der Waals surface area contributed by atoms with E-state index < -0.39 is 17.6 Å². The molecule has 5 heteroatoms. The lowest BCUT2D eigenvalue weighted by Gasteiger charge is -2.11. The Balaban J connectivity index is 2.16. The molecule has 3 rings (SSSR count). The molecule has 24 heavy (non-hydrogen) atoms. The van der Waals surface area contributed by atoms with Gasteiger partial charge in [-0.05, 0) is 24.3 Å². The third-order valence-corrected chi connectivity index (χ3v) is 3.61. The van der Waals surface area contributed by atoms with Crippen molar-refractivity contribution in [1.82, 2.24) is 4.98 Å². The summed E-state index contributed by atoms with van der Waals surface area (Å²) < 4.78 is 28.0. The lowest BCUT2D eigenvalue weighted by atomic mass is 10.00. The van der Waals surface area contributed by atoms with Crippen LogP contribution in [0.1, 0.15) is 5.69 Å². The van der Waals surface area contributed by atoms with Gasteiger partial charge in [0.05, 0.1) is 17.8 Å². The molecule has 0 aliphatic carbocycles. The van der Waals surface area contributed by atoms with Gasteiger partial charge in [-0.3, -0.25) is 9.78 Å². The highest BCUT2D eigenvalue weighted by molar-refractivity contribution is 5.77. The van der Waals surface area contributed by atoms with E-state index in [-0.39, 0.29) is 23.2 Å². The molecule has 0 amide bonds. The Kier molecular flexibility index (Phi) is 4.33. The van der Waals surface area contributed by atoms with E-state index in [0.717, 1.165) is 0 Å². The summed E-state index contributed by atoms with van der Waals surface area (Å²) in [4.78, 5) is 15.4. The summed E-state index contributed by atoms with van der Waals surface area (Å²) in [6.07, 6.45) is -0.383. The van der Waals surface area contributed by atoms with Gasteiger partial charge >= 0.3 is 5.97 Å². The molecule has 0 aliphatic heterocycles. The van der Waals surface area contributed by atoms with Crippen molar-refractivity contribution in [2.75, 3.05) is 0 Å². The largest absolute Gasteiger partial charge is 0.481 e. The second-order valence-electron chi connectivity index (χ2n) is 5.22. The van der Waals surface area contributed by atoms with Gasteiger partial charge in [-0.2, -0.15) is 0 Å². The number of pyridine rings is 1. The number of hydrogen-bond acceptors (Lipinski definition) is 2. The molecule has 0 radical (unpaired) electrons.